The predicted molar refractivity (Wildman–Crippen MR) is 33.4 cm³/mol. The minimum Gasteiger partial charge on any atom is -0.320 e. The number of allylic oxidation sites excluding steroid dienone is 1. The van der Waals surface area contributed by atoms with Crippen molar-refractivity contribution in [2.45, 2.75) is 13.0 Å². The molecule has 8 heavy (non-hydrogen) atoms. The highest BCUT2D eigenvalue weighted by Crippen LogP contribution is 1.92. The minimum absolute atomic E-state index is 0.00347. The average Bonchev–Trinajstić information content (AvgIpc) is 1.64. The average molecular weight is 111 g/mol. The van der Waals surface area contributed by atoms with E-state index in [9.17, 15) is 0 Å². The highest BCUT2D eigenvalue weighted by Gasteiger charge is 1.97. The summed E-state index contributed by atoms with van der Waals surface area (Å²) in [4.78, 5) is 0. The lowest BCUT2D eigenvalue weighted by atomic mass is 10.3. The Morgan fingerprint density at radius 2 is 2.62 bits per heavy atom. The predicted octanol–water partition coefficient (Wildman–Crippen LogP) is -0.193. The zero-order valence-electron chi connectivity index (χ0n) is 4.76. The molecular formula is C5H9N3. The molecular weight excluding hydrogens is 102 g/mol. The second kappa shape index (κ2) is 1.96. The number of nitrogens with one attached hydrogen (secondary N) is 1. The normalized spacial score (nSPS) is 26.8. The Morgan fingerprint density at radius 1 is 1.88 bits per heavy atom. The lowest BCUT2D eigenvalue weighted by Crippen LogP contribution is -2.25. The van der Waals surface area contributed by atoms with Gasteiger partial charge >= 0.3 is 0 Å². The van der Waals surface area contributed by atoms with Gasteiger partial charge in [-0.05, 0) is 13.0 Å². The molecule has 0 aromatic carbocycles. The number of nitrogens with zero attached hydrogens (tertiary/aromatic N) is 1. The van der Waals surface area contributed by atoms with Gasteiger partial charge in [0.1, 0.15) is 0 Å². The van der Waals surface area contributed by atoms with Crippen LogP contribution in [0.5, 0.6) is 0 Å². The molecule has 44 valence electrons. The Bertz CT molecular complexity index is 137. The van der Waals surface area contributed by atoms with Crippen LogP contribution in [0.1, 0.15) is 6.92 Å². The molecule has 0 bridgehead atoms. The topological polar surface area (TPSA) is 50.4 Å². The van der Waals surface area contributed by atoms with E-state index < -0.39 is 0 Å². The van der Waals surface area contributed by atoms with Gasteiger partial charge in [-0.15, -0.1) is 0 Å². The molecule has 1 aliphatic rings. The summed E-state index contributed by atoms with van der Waals surface area (Å²) in [5, 5.41) is 3.77. The van der Waals surface area contributed by atoms with E-state index in [2.05, 4.69) is 10.5 Å². The monoisotopic (exact) mass is 111 g/mol. The quantitative estimate of drug-likeness (QED) is 0.455. The van der Waals surface area contributed by atoms with Gasteiger partial charge in [0.05, 0.1) is 6.04 Å². The second-order valence-electron chi connectivity index (χ2n) is 1.82. The standard InChI is InChI=1S/C5H9N3/c1-4-2-5(6)3-7-8-4/h2-3,5,8H,6H2,1H3/t5-/m0/s1. The number of rotatable bonds is 0. The third kappa shape index (κ3) is 1.07. The summed E-state index contributed by atoms with van der Waals surface area (Å²) in [6.07, 6.45) is 3.57. The molecule has 0 aromatic heterocycles. The minimum atomic E-state index is -0.00347. The number of hydrazone groups is 1. The maximum absolute atomic E-state index is 5.46. The lowest BCUT2D eigenvalue weighted by Gasteiger charge is -2.07. The molecule has 1 atom stereocenters. The molecule has 3 nitrogen and oxygen atoms in total. The van der Waals surface area contributed by atoms with Gasteiger partial charge in [-0.2, -0.15) is 5.10 Å². The summed E-state index contributed by atoms with van der Waals surface area (Å²) < 4.78 is 0. The molecule has 0 aliphatic carbocycles. The van der Waals surface area contributed by atoms with Crippen LogP contribution in [0.15, 0.2) is 16.9 Å². The highest BCUT2D eigenvalue weighted by molar-refractivity contribution is 5.67. The van der Waals surface area contributed by atoms with E-state index in [0.29, 0.717) is 0 Å². The van der Waals surface area contributed by atoms with Crippen molar-refractivity contribution in [3.8, 4) is 0 Å². The van der Waals surface area contributed by atoms with Crippen molar-refractivity contribution in [2.75, 3.05) is 0 Å². The SMILES string of the molecule is CC1=C[C@H](N)C=NN1. The summed E-state index contributed by atoms with van der Waals surface area (Å²) in [5.74, 6) is 0. The van der Waals surface area contributed by atoms with Gasteiger partial charge in [-0.25, -0.2) is 0 Å². The molecule has 0 aromatic rings. The molecule has 0 amide bonds. The largest absolute Gasteiger partial charge is 0.320 e. The van der Waals surface area contributed by atoms with Gasteiger partial charge in [0.25, 0.3) is 0 Å². The molecule has 0 unspecified atom stereocenters. The molecule has 1 aliphatic heterocycles. The lowest BCUT2D eigenvalue weighted by molar-refractivity contribution is 0.839. The van der Waals surface area contributed by atoms with Gasteiger partial charge in [0, 0.05) is 11.9 Å². The van der Waals surface area contributed by atoms with Gasteiger partial charge < -0.3 is 5.73 Å². The zero-order chi connectivity index (χ0) is 5.98. The third-order valence-corrected chi connectivity index (χ3v) is 0.930. The van der Waals surface area contributed by atoms with Crippen LogP contribution in [0.4, 0.5) is 0 Å². The molecule has 0 spiro atoms. The van der Waals surface area contributed by atoms with E-state index in [-0.39, 0.29) is 6.04 Å². The molecule has 0 radical (unpaired) electrons. The van der Waals surface area contributed by atoms with Crippen molar-refractivity contribution in [3.63, 3.8) is 0 Å². The number of hydrogen-bond donors (Lipinski definition) is 2. The first-order valence-corrected chi connectivity index (χ1v) is 2.52. The molecule has 3 heteroatoms. The van der Waals surface area contributed by atoms with Crippen molar-refractivity contribution in [3.05, 3.63) is 11.8 Å². The Labute approximate surface area is 48.3 Å². The molecule has 1 rings (SSSR count). The van der Waals surface area contributed by atoms with Crippen LogP contribution in [0.2, 0.25) is 0 Å². The van der Waals surface area contributed by atoms with E-state index >= 15 is 0 Å². The van der Waals surface area contributed by atoms with E-state index in [1.165, 1.54) is 0 Å². The van der Waals surface area contributed by atoms with E-state index in [1.807, 2.05) is 13.0 Å². The van der Waals surface area contributed by atoms with Gasteiger partial charge in [-0.3, -0.25) is 5.43 Å². The molecule has 0 fully saturated rings. The maximum Gasteiger partial charge on any atom is 0.0623 e. The molecule has 0 saturated heterocycles. The van der Waals surface area contributed by atoms with Crippen molar-refractivity contribution in [1.29, 1.82) is 0 Å². The van der Waals surface area contributed by atoms with Crippen molar-refractivity contribution >= 4 is 6.21 Å². The van der Waals surface area contributed by atoms with Crippen LogP contribution in [-0.2, 0) is 0 Å². The smallest absolute Gasteiger partial charge is 0.0623 e. The fraction of sp³-hybridized carbons (Fsp3) is 0.400. The zero-order valence-corrected chi connectivity index (χ0v) is 4.76. The summed E-state index contributed by atoms with van der Waals surface area (Å²) >= 11 is 0. The fourth-order valence-electron chi connectivity index (χ4n) is 0.594. The Hall–Kier alpha value is -0.830. The van der Waals surface area contributed by atoms with Crippen LogP contribution < -0.4 is 11.2 Å². The van der Waals surface area contributed by atoms with Crippen molar-refractivity contribution in [1.82, 2.24) is 5.43 Å². The first kappa shape index (κ1) is 5.31. The summed E-state index contributed by atoms with van der Waals surface area (Å²) in [7, 11) is 0. The summed E-state index contributed by atoms with van der Waals surface area (Å²) in [6, 6.07) is -0.00347. The Balaban J connectivity index is 2.60. The first-order chi connectivity index (χ1) is 3.79. The van der Waals surface area contributed by atoms with Crippen LogP contribution in [0.3, 0.4) is 0 Å². The molecule has 1 heterocycles. The van der Waals surface area contributed by atoms with E-state index in [0.717, 1.165) is 5.70 Å². The third-order valence-electron chi connectivity index (χ3n) is 0.930. The maximum atomic E-state index is 5.46. The fourth-order valence-corrected chi connectivity index (χ4v) is 0.594. The van der Waals surface area contributed by atoms with Gasteiger partial charge in [0.15, 0.2) is 0 Å². The highest BCUT2D eigenvalue weighted by atomic mass is 15.3. The van der Waals surface area contributed by atoms with E-state index in [4.69, 9.17) is 5.73 Å². The van der Waals surface area contributed by atoms with Crippen LogP contribution >= 0.6 is 0 Å². The Kier molecular flexibility index (Phi) is 1.30. The van der Waals surface area contributed by atoms with Crippen molar-refractivity contribution < 1.29 is 0 Å². The Morgan fingerprint density at radius 3 is 3.00 bits per heavy atom. The first-order valence-electron chi connectivity index (χ1n) is 2.52. The molecule has 0 saturated carbocycles. The second-order valence-corrected chi connectivity index (χ2v) is 1.82. The van der Waals surface area contributed by atoms with Crippen LogP contribution in [-0.4, -0.2) is 12.3 Å². The van der Waals surface area contributed by atoms with Gasteiger partial charge in [-0.1, -0.05) is 0 Å². The molecule has 3 N–H and O–H groups in total. The van der Waals surface area contributed by atoms with E-state index in [1.54, 1.807) is 6.21 Å². The van der Waals surface area contributed by atoms with Crippen LogP contribution in [0, 0.1) is 0 Å². The van der Waals surface area contributed by atoms with Gasteiger partial charge in [0.2, 0.25) is 0 Å². The van der Waals surface area contributed by atoms with Crippen LogP contribution in [0.25, 0.3) is 0 Å². The summed E-state index contributed by atoms with van der Waals surface area (Å²) in [5.41, 5.74) is 9.24. The van der Waals surface area contributed by atoms with Crippen molar-refractivity contribution in [2.24, 2.45) is 10.8 Å². The summed E-state index contributed by atoms with van der Waals surface area (Å²) in [6.45, 7) is 1.93. The number of nitrogens with two attached hydrogens (primary N) is 1. The number of hydrogen-bond acceptors (Lipinski definition) is 3.